The molecule has 146 valence electrons. The van der Waals surface area contributed by atoms with E-state index in [1.165, 1.54) is 16.8 Å². The third kappa shape index (κ3) is 3.43. The summed E-state index contributed by atoms with van der Waals surface area (Å²) in [6.07, 6.45) is 2.37. The van der Waals surface area contributed by atoms with Gasteiger partial charge >= 0.3 is 0 Å². The average Bonchev–Trinajstić information content (AvgIpc) is 3.21. The van der Waals surface area contributed by atoms with Crippen LogP contribution in [0.1, 0.15) is 31.9 Å². The Kier molecular flexibility index (Phi) is 4.50. The predicted molar refractivity (Wildman–Crippen MR) is 104 cm³/mol. The van der Waals surface area contributed by atoms with Gasteiger partial charge in [0.15, 0.2) is 11.5 Å². The topological polar surface area (TPSA) is 82.8 Å². The minimum atomic E-state index is -0.616. The lowest BCUT2D eigenvalue weighted by molar-refractivity contribution is -0.118. The lowest BCUT2D eigenvalue weighted by Crippen LogP contribution is -2.26. The van der Waals surface area contributed by atoms with Crippen molar-refractivity contribution in [2.24, 2.45) is 5.41 Å². The maximum Gasteiger partial charge on any atom is 0.251 e. The smallest absolute Gasteiger partial charge is 0.251 e. The summed E-state index contributed by atoms with van der Waals surface area (Å²) in [4.78, 5) is 17.9. The Hall–Kier alpha value is -3.00. The molecule has 1 amide bonds. The Morgan fingerprint density at radius 3 is 2.93 bits per heavy atom. The molecule has 0 spiro atoms. The Morgan fingerprint density at radius 1 is 1.36 bits per heavy atom. The fourth-order valence-electron chi connectivity index (χ4n) is 3.81. The molecule has 28 heavy (non-hydrogen) atoms. The molecule has 1 saturated heterocycles. The van der Waals surface area contributed by atoms with Gasteiger partial charge in [0, 0.05) is 6.54 Å². The van der Waals surface area contributed by atoms with Crippen LogP contribution < -0.4 is 10.2 Å². The molecular weight excluding hydrogens is 361 g/mol. The molecule has 2 aromatic heterocycles. The van der Waals surface area contributed by atoms with E-state index in [9.17, 15) is 9.18 Å². The average molecular weight is 383 g/mol. The number of nitrogens with one attached hydrogen (secondary N) is 1. The molecule has 1 aromatic carbocycles. The summed E-state index contributed by atoms with van der Waals surface area (Å²) in [5.41, 5.74) is 1.53. The van der Waals surface area contributed by atoms with Crippen molar-refractivity contribution in [1.29, 1.82) is 0 Å². The molecule has 1 unspecified atom stereocenters. The van der Waals surface area contributed by atoms with Crippen LogP contribution in [0.15, 0.2) is 42.6 Å². The fraction of sp³-hybridized carbons (Fsp3) is 0.350. The predicted octanol–water partition coefficient (Wildman–Crippen LogP) is 2.78. The SMILES string of the molecule is CC1(C)CC(c2cccc(F)c2)N(c2ccc3ncc(NC(=O)CO)n3n2)C1. The minimum Gasteiger partial charge on any atom is -0.387 e. The number of halogens is 1. The van der Waals surface area contributed by atoms with Crippen LogP contribution in [0.2, 0.25) is 0 Å². The van der Waals surface area contributed by atoms with Crippen molar-refractivity contribution in [1.82, 2.24) is 14.6 Å². The molecule has 1 aliphatic rings. The second-order valence-corrected chi connectivity index (χ2v) is 7.88. The highest BCUT2D eigenvalue weighted by Crippen LogP contribution is 2.44. The van der Waals surface area contributed by atoms with Crippen LogP contribution in [0.3, 0.4) is 0 Å². The number of carbonyl (C=O) groups is 1. The summed E-state index contributed by atoms with van der Waals surface area (Å²) in [6.45, 7) is 4.51. The lowest BCUT2D eigenvalue weighted by atomic mass is 9.89. The monoisotopic (exact) mass is 383 g/mol. The molecule has 4 rings (SSSR count). The molecule has 7 nitrogen and oxygen atoms in total. The van der Waals surface area contributed by atoms with Gasteiger partial charge in [-0.05, 0) is 41.7 Å². The number of carbonyl (C=O) groups excluding carboxylic acids is 1. The van der Waals surface area contributed by atoms with E-state index in [0.717, 1.165) is 18.5 Å². The van der Waals surface area contributed by atoms with Crippen LogP contribution in [0.25, 0.3) is 5.65 Å². The van der Waals surface area contributed by atoms with Gasteiger partial charge in [0.25, 0.3) is 5.91 Å². The number of benzene rings is 1. The number of amides is 1. The van der Waals surface area contributed by atoms with Gasteiger partial charge in [-0.3, -0.25) is 4.79 Å². The third-order valence-electron chi connectivity index (χ3n) is 5.01. The maximum atomic E-state index is 13.8. The molecule has 3 heterocycles. The fourth-order valence-corrected chi connectivity index (χ4v) is 3.81. The van der Waals surface area contributed by atoms with Gasteiger partial charge in [-0.1, -0.05) is 26.0 Å². The van der Waals surface area contributed by atoms with Crippen molar-refractivity contribution in [2.75, 3.05) is 23.4 Å². The van der Waals surface area contributed by atoms with Crippen molar-refractivity contribution in [3.8, 4) is 0 Å². The first-order valence-electron chi connectivity index (χ1n) is 9.14. The van der Waals surface area contributed by atoms with Crippen LogP contribution in [-0.4, -0.2) is 38.8 Å². The number of nitrogens with zero attached hydrogens (tertiary/aromatic N) is 4. The molecular formula is C20H22FN5O2. The van der Waals surface area contributed by atoms with E-state index in [4.69, 9.17) is 5.11 Å². The minimum absolute atomic E-state index is 0.00495. The van der Waals surface area contributed by atoms with Gasteiger partial charge in [0.1, 0.15) is 18.2 Å². The van der Waals surface area contributed by atoms with E-state index in [1.54, 1.807) is 12.1 Å². The number of aromatic nitrogens is 3. The first-order chi connectivity index (χ1) is 13.4. The first-order valence-corrected chi connectivity index (χ1v) is 9.14. The third-order valence-corrected chi connectivity index (χ3v) is 5.01. The first kappa shape index (κ1) is 18.4. The van der Waals surface area contributed by atoms with Crippen molar-refractivity contribution in [3.63, 3.8) is 0 Å². The van der Waals surface area contributed by atoms with E-state index in [1.807, 2.05) is 18.2 Å². The summed E-state index contributed by atoms with van der Waals surface area (Å²) in [5, 5.41) is 16.2. The van der Waals surface area contributed by atoms with Crippen molar-refractivity contribution in [3.05, 3.63) is 54.0 Å². The molecule has 3 aromatic rings. The molecule has 0 aliphatic carbocycles. The summed E-state index contributed by atoms with van der Waals surface area (Å²) in [6, 6.07) is 10.4. The van der Waals surface area contributed by atoms with Crippen LogP contribution in [-0.2, 0) is 4.79 Å². The van der Waals surface area contributed by atoms with Crippen molar-refractivity contribution in [2.45, 2.75) is 26.3 Å². The Bertz CT molecular complexity index is 1030. The summed E-state index contributed by atoms with van der Waals surface area (Å²) >= 11 is 0. The van der Waals surface area contributed by atoms with E-state index < -0.39 is 12.5 Å². The zero-order chi connectivity index (χ0) is 19.9. The number of rotatable bonds is 4. The highest BCUT2D eigenvalue weighted by molar-refractivity contribution is 5.90. The standard InChI is InChI=1S/C20H22FN5O2/c1-20(2)9-15(13-4-3-5-14(21)8-13)25(12-20)17-7-6-16-22-10-18(26(16)24-17)23-19(28)11-27/h3-8,10,15,27H,9,11-12H2,1-2H3,(H,23,28). The van der Waals surface area contributed by atoms with Gasteiger partial charge < -0.3 is 15.3 Å². The largest absolute Gasteiger partial charge is 0.387 e. The molecule has 8 heteroatoms. The van der Waals surface area contributed by atoms with Crippen molar-refractivity contribution >= 4 is 23.2 Å². The number of aliphatic hydroxyl groups is 1. The molecule has 0 bridgehead atoms. The van der Waals surface area contributed by atoms with E-state index in [0.29, 0.717) is 17.3 Å². The molecule has 2 N–H and O–H groups in total. The van der Waals surface area contributed by atoms with E-state index >= 15 is 0 Å². The van der Waals surface area contributed by atoms with Gasteiger partial charge in [0.2, 0.25) is 0 Å². The zero-order valence-corrected chi connectivity index (χ0v) is 15.8. The molecule has 0 radical (unpaired) electrons. The van der Waals surface area contributed by atoms with Gasteiger partial charge in [-0.15, -0.1) is 5.10 Å². The number of imidazole rings is 1. The Morgan fingerprint density at radius 2 is 2.18 bits per heavy atom. The number of fused-ring (bicyclic) bond motifs is 1. The molecule has 0 saturated carbocycles. The van der Waals surface area contributed by atoms with Crippen LogP contribution in [0.4, 0.5) is 16.0 Å². The van der Waals surface area contributed by atoms with Gasteiger partial charge in [-0.2, -0.15) is 4.52 Å². The highest BCUT2D eigenvalue weighted by Gasteiger charge is 2.39. The number of anilines is 2. The molecule has 1 fully saturated rings. The number of aliphatic hydroxyl groups excluding tert-OH is 1. The van der Waals surface area contributed by atoms with Crippen LogP contribution in [0.5, 0.6) is 0 Å². The van der Waals surface area contributed by atoms with Crippen molar-refractivity contribution < 1.29 is 14.3 Å². The van der Waals surface area contributed by atoms with Gasteiger partial charge in [0.05, 0.1) is 12.2 Å². The normalized spacial score (nSPS) is 18.6. The Labute approximate surface area is 161 Å². The Balaban J connectivity index is 1.74. The van der Waals surface area contributed by atoms with E-state index in [2.05, 4.69) is 34.1 Å². The maximum absolute atomic E-state index is 13.8. The molecule has 1 aliphatic heterocycles. The van der Waals surface area contributed by atoms with Gasteiger partial charge in [-0.25, -0.2) is 9.37 Å². The summed E-state index contributed by atoms with van der Waals surface area (Å²) in [7, 11) is 0. The number of hydrogen-bond donors (Lipinski definition) is 2. The second kappa shape index (κ2) is 6.87. The quantitative estimate of drug-likeness (QED) is 0.724. The highest BCUT2D eigenvalue weighted by atomic mass is 19.1. The molecule has 1 atom stereocenters. The zero-order valence-electron chi connectivity index (χ0n) is 15.8. The number of hydrogen-bond acceptors (Lipinski definition) is 5. The van der Waals surface area contributed by atoms with E-state index in [-0.39, 0.29) is 17.3 Å². The summed E-state index contributed by atoms with van der Waals surface area (Å²) in [5.74, 6) is 0.310. The summed E-state index contributed by atoms with van der Waals surface area (Å²) < 4.78 is 15.3. The lowest BCUT2D eigenvalue weighted by Gasteiger charge is -2.26. The second-order valence-electron chi connectivity index (χ2n) is 7.88. The van der Waals surface area contributed by atoms with Crippen LogP contribution >= 0.6 is 0 Å². The van der Waals surface area contributed by atoms with Crippen LogP contribution in [0, 0.1) is 11.2 Å².